The zero-order valence-electron chi connectivity index (χ0n) is 9.50. The van der Waals surface area contributed by atoms with Gasteiger partial charge in [-0.2, -0.15) is 0 Å². The summed E-state index contributed by atoms with van der Waals surface area (Å²) in [5.74, 6) is 0. The highest BCUT2D eigenvalue weighted by molar-refractivity contribution is 9.25. The number of nitrogens with zero attached hydrogens (tertiary/aromatic N) is 1. The summed E-state index contributed by atoms with van der Waals surface area (Å²) >= 11 is 7.02. The van der Waals surface area contributed by atoms with E-state index in [0.717, 1.165) is 0 Å². The highest BCUT2D eigenvalue weighted by Gasteiger charge is 2.69. The van der Waals surface area contributed by atoms with Gasteiger partial charge in [-0.25, -0.2) is 4.79 Å². The number of carbonyl (C=O) groups is 1. The van der Waals surface area contributed by atoms with Crippen LogP contribution < -0.4 is 0 Å². The summed E-state index contributed by atoms with van der Waals surface area (Å²) < 4.78 is 10.6. The van der Waals surface area contributed by atoms with E-state index in [1.807, 2.05) is 20.8 Å². The Morgan fingerprint density at radius 3 is 2.69 bits per heavy atom. The number of morpholine rings is 1. The van der Waals surface area contributed by atoms with Gasteiger partial charge >= 0.3 is 6.09 Å². The van der Waals surface area contributed by atoms with Crippen molar-refractivity contribution in [2.24, 2.45) is 0 Å². The summed E-state index contributed by atoms with van der Waals surface area (Å²) in [6.45, 7) is 6.73. The summed E-state index contributed by atoms with van der Waals surface area (Å²) in [5.41, 5.74) is -0.457. The van der Waals surface area contributed by atoms with Crippen molar-refractivity contribution in [3.63, 3.8) is 0 Å². The van der Waals surface area contributed by atoms with Crippen LogP contribution in [0.25, 0.3) is 0 Å². The van der Waals surface area contributed by atoms with Gasteiger partial charge in [-0.15, -0.1) is 0 Å². The van der Waals surface area contributed by atoms with Crippen LogP contribution >= 0.6 is 31.9 Å². The summed E-state index contributed by atoms with van der Waals surface area (Å²) in [7, 11) is 0. The topological polar surface area (TPSA) is 38.8 Å². The third-order valence-corrected chi connectivity index (χ3v) is 4.39. The van der Waals surface area contributed by atoms with Crippen molar-refractivity contribution in [1.82, 2.24) is 4.90 Å². The molecule has 1 aliphatic carbocycles. The first kappa shape index (κ1) is 12.6. The van der Waals surface area contributed by atoms with Crippen molar-refractivity contribution in [3.8, 4) is 0 Å². The number of hydrogen-bond donors (Lipinski definition) is 0. The molecule has 16 heavy (non-hydrogen) atoms. The maximum Gasteiger partial charge on any atom is 0.410 e. The summed E-state index contributed by atoms with van der Waals surface area (Å²) in [4.78, 5) is 13.7. The quantitative estimate of drug-likeness (QED) is 0.626. The van der Waals surface area contributed by atoms with Gasteiger partial charge in [0.25, 0.3) is 0 Å². The molecule has 0 radical (unpaired) electrons. The maximum atomic E-state index is 11.9. The lowest BCUT2D eigenvalue weighted by molar-refractivity contribution is -0.00879. The van der Waals surface area contributed by atoms with E-state index in [-0.39, 0.29) is 21.5 Å². The number of halogens is 2. The fraction of sp³-hybridized carbons (Fsp3) is 0.900. The van der Waals surface area contributed by atoms with E-state index in [4.69, 9.17) is 9.47 Å². The van der Waals surface area contributed by atoms with Gasteiger partial charge in [0.15, 0.2) is 0 Å². The highest BCUT2D eigenvalue weighted by Crippen LogP contribution is 2.57. The van der Waals surface area contributed by atoms with Crippen molar-refractivity contribution in [1.29, 1.82) is 0 Å². The number of alkyl halides is 2. The monoisotopic (exact) mass is 355 g/mol. The molecular formula is C10H15Br2NO3. The van der Waals surface area contributed by atoms with E-state index in [1.165, 1.54) is 0 Å². The molecule has 0 aromatic heterocycles. The zero-order chi connectivity index (χ0) is 12.1. The Bertz CT molecular complexity index is 314. The predicted octanol–water partition coefficient (Wildman–Crippen LogP) is 2.49. The van der Waals surface area contributed by atoms with E-state index in [0.29, 0.717) is 13.2 Å². The molecule has 4 nitrogen and oxygen atoms in total. The van der Waals surface area contributed by atoms with E-state index in [1.54, 1.807) is 4.90 Å². The molecule has 0 bridgehead atoms. The molecule has 1 amide bonds. The summed E-state index contributed by atoms with van der Waals surface area (Å²) in [6.07, 6.45) is -0.250. The SMILES string of the molecule is CC(C)(C)OC(=O)N1CCOC2C1C2(Br)Br. The minimum Gasteiger partial charge on any atom is -0.444 e. The van der Waals surface area contributed by atoms with Crippen LogP contribution in [0.15, 0.2) is 0 Å². The summed E-state index contributed by atoms with van der Waals surface area (Å²) in [6, 6.07) is 0.0242. The molecule has 0 aromatic carbocycles. The average Bonchev–Trinajstić information content (AvgIpc) is 2.67. The number of hydrogen-bond acceptors (Lipinski definition) is 3. The normalized spacial score (nSPS) is 31.9. The lowest BCUT2D eigenvalue weighted by Gasteiger charge is -2.29. The lowest BCUT2D eigenvalue weighted by atomic mass is 10.2. The second-order valence-corrected chi connectivity index (χ2v) is 8.77. The molecule has 2 unspecified atom stereocenters. The van der Waals surface area contributed by atoms with Crippen molar-refractivity contribution < 1.29 is 14.3 Å². The first-order valence-corrected chi connectivity index (χ1v) is 6.81. The smallest absolute Gasteiger partial charge is 0.410 e. The van der Waals surface area contributed by atoms with Crippen molar-refractivity contribution in [2.75, 3.05) is 13.2 Å². The third kappa shape index (κ3) is 2.24. The van der Waals surface area contributed by atoms with Crippen LogP contribution in [-0.4, -0.2) is 45.1 Å². The number of carbonyl (C=O) groups excluding carboxylic acids is 1. The molecule has 2 aliphatic rings. The second-order valence-electron chi connectivity index (χ2n) is 5.08. The Kier molecular flexibility index (Phi) is 3.04. The second kappa shape index (κ2) is 3.85. The average molecular weight is 357 g/mol. The van der Waals surface area contributed by atoms with E-state index >= 15 is 0 Å². The molecule has 0 aromatic rings. The molecule has 1 heterocycles. The Labute approximate surface area is 112 Å². The van der Waals surface area contributed by atoms with Crippen molar-refractivity contribution in [2.45, 2.75) is 41.8 Å². The first-order valence-electron chi connectivity index (χ1n) is 5.22. The third-order valence-electron chi connectivity index (χ3n) is 2.54. The Hall–Kier alpha value is 0.190. The van der Waals surface area contributed by atoms with E-state index in [2.05, 4.69) is 31.9 Å². The van der Waals surface area contributed by atoms with Gasteiger partial charge in [0.1, 0.15) is 14.9 Å². The first-order chi connectivity index (χ1) is 7.23. The van der Waals surface area contributed by atoms with Crippen LogP contribution in [0.3, 0.4) is 0 Å². The molecule has 6 heteroatoms. The van der Waals surface area contributed by atoms with Crippen LogP contribution in [0.1, 0.15) is 20.8 Å². The summed E-state index contributed by atoms with van der Waals surface area (Å²) in [5, 5.41) is 0. The predicted molar refractivity (Wildman–Crippen MR) is 67.1 cm³/mol. The molecule has 1 saturated heterocycles. The largest absolute Gasteiger partial charge is 0.444 e. The van der Waals surface area contributed by atoms with Crippen LogP contribution in [0.5, 0.6) is 0 Å². The zero-order valence-corrected chi connectivity index (χ0v) is 12.7. The van der Waals surface area contributed by atoms with Crippen molar-refractivity contribution in [3.05, 3.63) is 0 Å². The van der Waals surface area contributed by atoms with Gasteiger partial charge in [-0.1, -0.05) is 31.9 Å². The number of ether oxygens (including phenoxy) is 2. The standard InChI is InChI=1S/C10H15Br2NO3/c1-9(2,3)16-8(14)13-4-5-15-7-6(13)10(7,11)12/h6-7H,4-5H2,1-3H3. The minimum atomic E-state index is -0.457. The maximum absolute atomic E-state index is 11.9. The highest BCUT2D eigenvalue weighted by atomic mass is 79.9. The molecule has 1 saturated carbocycles. The molecule has 2 rings (SSSR count). The molecule has 0 spiro atoms. The van der Waals surface area contributed by atoms with Crippen LogP contribution in [-0.2, 0) is 9.47 Å². The number of rotatable bonds is 0. The van der Waals surface area contributed by atoms with Gasteiger partial charge in [0.05, 0.1) is 12.6 Å². The number of amides is 1. The van der Waals surface area contributed by atoms with Gasteiger partial charge in [0.2, 0.25) is 0 Å². The van der Waals surface area contributed by atoms with Crippen LogP contribution in [0.2, 0.25) is 0 Å². The van der Waals surface area contributed by atoms with E-state index in [9.17, 15) is 4.79 Å². The van der Waals surface area contributed by atoms with Gasteiger partial charge in [0, 0.05) is 6.54 Å². The van der Waals surface area contributed by atoms with Gasteiger partial charge in [-0.3, -0.25) is 4.90 Å². The minimum absolute atomic E-state index is 0.0220. The van der Waals surface area contributed by atoms with Gasteiger partial charge in [-0.05, 0) is 20.8 Å². The fourth-order valence-corrected chi connectivity index (χ4v) is 3.27. The van der Waals surface area contributed by atoms with Gasteiger partial charge < -0.3 is 9.47 Å². The fourth-order valence-electron chi connectivity index (χ4n) is 1.80. The Morgan fingerprint density at radius 2 is 2.12 bits per heavy atom. The molecule has 2 atom stereocenters. The van der Waals surface area contributed by atoms with Crippen LogP contribution in [0, 0.1) is 0 Å². The van der Waals surface area contributed by atoms with E-state index < -0.39 is 5.60 Å². The number of fused-ring (bicyclic) bond motifs is 1. The van der Waals surface area contributed by atoms with Crippen LogP contribution in [0.4, 0.5) is 4.79 Å². The Balaban J connectivity index is 2.02. The Morgan fingerprint density at radius 1 is 1.50 bits per heavy atom. The lowest BCUT2D eigenvalue weighted by Crippen LogP contribution is -2.44. The molecular weight excluding hydrogens is 342 g/mol. The van der Waals surface area contributed by atoms with Crippen molar-refractivity contribution >= 4 is 38.0 Å². The molecule has 1 aliphatic heterocycles. The molecule has 2 fully saturated rings. The molecule has 92 valence electrons. The molecule has 0 N–H and O–H groups in total.